The van der Waals surface area contributed by atoms with Gasteiger partial charge in [-0.1, -0.05) is 36.4 Å². The number of fused-ring (bicyclic) bond motifs is 1. The molecule has 2 heterocycles. The number of nitrogens with one attached hydrogen (secondary N) is 1. The van der Waals surface area contributed by atoms with Crippen LogP contribution < -0.4 is 5.32 Å². The Labute approximate surface area is 166 Å². The Hall–Kier alpha value is -2.80. The number of rotatable bonds is 2. The Bertz CT molecular complexity index is 982. The van der Waals surface area contributed by atoms with E-state index in [1.165, 1.54) is 6.07 Å². The molecular weight excluding hydrogens is 383 g/mol. The number of hydrogen-bond acceptors (Lipinski definition) is 1. The summed E-state index contributed by atoms with van der Waals surface area (Å²) in [6.45, 7) is 1.42. The van der Waals surface area contributed by atoms with Crippen molar-refractivity contribution in [2.45, 2.75) is 18.8 Å². The number of alkyl halides is 3. The summed E-state index contributed by atoms with van der Waals surface area (Å²) in [4.78, 5) is 2.03. The summed E-state index contributed by atoms with van der Waals surface area (Å²) in [6, 6.07) is 19.0. The lowest BCUT2D eigenvalue weighted by Gasteiger charge is -2.39. The third-order valence-electron chi connectivity index (χ3n) is 4.86. The lowest BCUT2D eigenvalue weighted by molar-refractivity contribution is -0.137. The summed E-state index contributed by atoms with van der Waals surface area (Å²) in [5.74, 6) is 0. The number of aromatic nitrogens is 1. The molecule has 1 N–H and O–H groups in total. The maximum Gasteiger partial charge on any atom is 0.416 e. The van der Waals surface area contributed by atoms with Crippen LogP contribution in [0.3, 0.4) is 0 Å². The average Bonchev–Trinajstić information content (AvgIpc) is 3.16. The van der Waals surface area contributed by atoms with Gasteiger partial charge in [0.1, 0.15) is 0 Å². The monoisotopic (exact) mass is 401 g/mol. The SMILES string of the molecule is FC(F)(F)c1cccc(NC(=S)N2CCn3cccc3C2c2ccccc2)c1. The number of benzene rings is 2. The molecule has 0 aliphatic carbocycles. The van der Waals surface area contributed by atoms with Crippen molar-refractivity contribution in [3.05, 3.63) is 89.7 Å². The van der Waals surface area contributed by atoms with E-state index in [0.717, 1.165) is 29.9 Å². The maximum absolute atomic E-state index is 13.0. The lowest BCUT2D eigenvalue weighted by atomic mass is 10.0. The minimum atomic E-state index is -4.39. The van der Waals surface area contributed by atoms with Gasteiger partial charge in [-0.05, 0) is 48.1 Å². The van der Waals surface area contributed by atoms with E-state index >= 15 is 0 Å². The number of anilines is 1. The summed E-state index contributed by atoms with van der Waals surface area (Å²) in [7, 11) is 0. The smallest absolute Gasteiger partial charge is 0.348 e. The van der Waals surface area contributed by atoms with Gasteiger partial charge in [-0.15, -0.1) is 0 Å². The van der Waals surface area contributed by atoms with Crippen molar-refractivity contribution in [2.24, 2.45) is 0 Å². The van der Waals surface area contributed by atoms with Crippen molar-refractivity contribution in [1.29, 1.82) is 0 Å². The highest BCUT2D eigenvalue weighted by atomic mass is 32.1. The minimum Gasteiger partial charge on any atom is -0.348 e. The van der Waals surface area contributed by atoms with Crippen LogP contribution in [0.25, 0.3) is 0 Å². The van der Waals surface area contributed by atoms with E-state index < -0.39 is 11.7 Å². The van der Waals surface area contributed by atoms with Crippen molar-refractivity contribution >= 4 is 23.0 Å². The lowest BCUT2D eigenvalue weighted by Crippen LogP contribution is -2.44. The Kier molecular flexibility index (Phi) is 4.85. The average molecular weight is 401 g/mol. The highest BCUT2D eigenvalue weighted by molar-refractivity contribution is 7.80. The standard InChI is InChI=1S/C21H18F3N3S/c22-21(23,24)16-8-4-9-17(14-16)25-20(28)27-13-12-26-11-5-10-18(26)19(27)15-6-2-1-3-7-15/h1-11,14,19H,12-13H2,(H,25,28). The second-order valence-corrected chi connectivity index (χ2v) is 7.03. The minimum absolute atomic E-state index is 0.101. The van der Waals surface area contributed by atoms with Gasteiger partial charge >= 0.3 is 6.18 Å². The van der Waals surface area contributed by atoms with Gasteiger partial charge in [-0.3, -0.25) is 0 Å². The Morgan fingerprint density at radius 2 is 1.75 bits per heavy atom. The van der Waals surface area contributed by atoms with Gasteiger partial charge in [0.2, 0.25) is 0 Å². The van der Waals surface area contributed by atoms with E-state index in [4.69, 9.17) is 12.2 Å². The number of hydrogen-bond donors (Lipinski definition) is 1. The van der Waals surface area contributed by atoms with Crippen molar-refractivity contribution in [3.8, 4) is 0 Å². The van der Waals surface area contributed by atoms with Crippen LogP contribution in [0.1, 0.15) is 22.9 Å². The van der Waals surface area contributed by atoms with Crippen LogP contribution in [0.15, 0.2) is 72.9 Å². The van der Waals surface area contributed by atoms with Crippen LogP contribution in [-0.4, -0.2) is 21.1 Å². The van der Waals surface area contributed by atoms with Crippen molar-refractivity contribution in [2.75, 3.05) is 11.9 Å². The Balaban J connectivity index is 1.63. The van der Waals surface area contributed by atoms with E-state index in [-0.39, 0.29) is 6.04 Å². The van der Waals surface area contributed by atoms with Crippen LogP contribution in [0.4, 0.5) is 18.9 Å². The van der Waals surface area contributed by atoms with E-state index in [1.54, 1.807) is 6.07 Å². The first-order valence-corrected chi connectivity index (χ1v) is 9.29. The summed E-state index contributed by atoms with van der Waals surface area (Å²) < 4.78 is 41.2. The third kappa shape index (κ3) is 3.62. The Morgan fingerprint density at radius 1 is 0.964 bits per heavy atom. The maximum atomic E-state index is 13.0. The van der Waals surface area contributed by atoms with Gasteiger partial charge in [0.05, 0.1) is 11.6 Å². The second-order valence-electron chi connectivity index (χ2n) is 6.64. The van der Waals surface area contributed by atoms with Gasteiger partial charge in [-0.25, -0.2) is 0 Å². The fraction of sp³-hybridized carbons (Fsp3) is 0.190. The molecule has 1 aromatic heterocycles. The highest BCUT2D eigenvalue weighted by Crippen LogP contribution is 2.34. The molecule has 1 aliphatic heterocycles. The van der Waals surface area contributed by atoms with Crippen molar-refractivity contribution < 1.29 is 13.2 Å². The van der Waals surface area contributed by atoms with Crippen LogP contribution in [0.5, 0.6) is 0 Å². The molecule has 0 spiro atoms. The molecule has 0 amide bonds. The Morgan fingerprint density at radius 3 is 2.50 bits per heavy atom. The second kappa shape index (κ2) is 7.31. The topological polar surface area (TPSA) is 20.2 Å². The molecule has 28 heavy (non-hydrogen) atoms. The molecule has 1 unspecified atom stereocenters. The van der Waals surface area contributed by atoms with Gasteiger partial charge in [0.15, 0.2) is 5.11 Å². The zero-order valence-electron chi connectivity index (χ0n) is 14.9. The highest BCUT2D eigenvalue weighted by Gasteiger charge is 2.32. The molecule has 0 saturated carbocycles. The van der Waals surface area contributed by atoms with E-state index in [2.05, 4.69) is 16.0 Å². The van der Waals surface area contributed by atoms with Crippen LogP contribution in [-0.2, 0) is 12.7 Å². The molecule has 7 heteroatoms. The molecule has 0 fully saturated rings. The molecule has 2 aromatic carbocycles. The summed E-state index contributed by atoms with van der Waals surface area (Å²) in [6.07, 6.45) is -2.36. The fourth-order valence-corrected chi connectivity index (χ4v) is 3.87. The zero-order valence-corrected chi connectivity index (χ0v) is 15.7. The molecule has 1 aliphatic rings. The van der Waals surface area contributed by atoms with Gasteiger partial charge in [0, 0.05) is 30.7 Å². The van der Waals surface area contributed by atoms with Crippen LogP contribution in [0.2, 0.25) is 0 Å². The molecular formula is C21H18F3N3S. The molecule has 0 bridgehead atoms. The molecule has 0 radical (unpaired) electrons. The summed E-state index contributed by atoms with van der Waals surface area (Å²) in [5, 5.41) is 3.40. The van der Waals surface area contributed by atoms with Crippen LogP contribution >= 0.6 is 12.2 Å². The fourth-order valence-electron chi connectivity index (χ4n) is 3.56. The molecule has 144 valence electrons. The number of halogens is 3. The largest absolute Gasteiger partial charge is 0.416 e. The molecule has 3 aromatic rings. The normalized spacial score (nSPS) is 16.5. The predicted molar refractivity (Wildman–Crippen MR) is 107 cm³/mol. The molecule has 4 rings (SSSR count). The number of thiocarbonyl (C=S) groups is 1. The number of nitrogens with zero attached hydrogens (tertiary/aromatic N) is 2. The van der Waals surface area contributed by atoms with E-state index in [1.807, 2.05) is 47.5 Å². The van der Waals surface area contributed by atoms with Gasteiger partial charge < -0.3 is 14.8 Å². The molecule has 1 atom stereocenters. The van der Waals surface area contributed by atoms with E-state index in [0.29, 0.717) is 17.3 Å². The van der Waals surface area contributed by atoms with E-state index in [9.17, 15) is 13.2 Å². The first-order valence-electron chi connectivity index (χ1n) is 8.88. The zero-order chi connectivity index (χ0) is 19.7. The third-order valence-corrected chi connectivity index (χ3v) is 5.19. The molecule has 0 saturated heterocycles. The predicted octanol–water partition coefficient (Wildman–Crippen LogP) is 5.31. The quantitative estimate of drug-likeness (QED) is 0.588. The van der Waals surface area contributed by atoms with Crippen molar-refractivity contribution in [3.63, 3.8) is 0 Å². The van der Waals surface area contributed by atoms with Crippen LogP contribution in [0, 0.1) is 0 Å². The molecule has 3 nitrogen and oxygen atoms in total. The summed E-state index contributed by atoms with van der Waals surface area (Å²) >= 11 is 5.60. The van der Waals surface area contributed by atoms with Gasteiger partial charge in [0.25, 0.3) is 0 Å². The summed E-state index contributed by atoms with van der Waals surface area (Å²) in [5.41, 5.74) is 1.81. The first kappa shape index (κ1) is 18.6. The first-order chi connectivity index (χ1) is 13.4. The van der Waals surface area contributed by atoms with Crippen molar-refractivity contribution in [1.82, 2.24) is 9.47 Å². The van der Waals surface area contributed by atoms with Gasteiger partial charge in [-0.2, -0.15) is 13.2 Å².